The van der Waals surface area contributed by atoms with Gasteiger partial charge in [-0.15, -0.1) is 0 Å². The number of carbonyl (C=O) groups excluding carboxylic acids is 1. The van der Waals surface area contributed by atoms with Crippen molar-refractivity contribution in [2.24, 2.45) is 0 Å². The van der Waals surface area contributed by atoms with Gasteiger partial charge in [0.1, 0.15) is 5.69 Å². The SMILES string of the molecule is Nc1cccc(C=CC(=O)c2ccccn2)c1. The average molecular weight is 224 g/mol. The number of hydrogen-bond acceptors (Lipinski definition) is 3. The molecule has 2 aromatic rings. The molecule has 0 saturated heterocycles. The van der Waals surface area contributed by atoms with Crippen LogP contribution in [-0.2, 0) is 0 Å². The number of pyridine rings is 1. The highest BCUT2D eigenvalue weighted by atomic mass is 16.1. The van der Waals surface area contributed by atoms with E-state index >= 15 is 0 Å². The molecule has 0 atom stereocenters. The molecule has 0 saturated carbocycles. The molecule has 3 heteroatoms. The molecule has 17 heavy (non-hydrogen) atoms. The second-order valence-corrected chi connectivity index (χ2v) is 3.58. The van der Waals surface area contributed by atoms with Crippen LogP contribution in [0.2, 0.25) is 0 Å². The van der Waals surface area contributed by atoms with Gasteiger partial charge in [-0.25, -0.2) is 0 Å². The Kier molecular flexibility index (Phi) is 3.31. The normalized spacial score (nSPS) is 10.6. The third kappa shape index (κ3) is 3.01. The number of ketones is 1. The maximum atomic E-state index is 11.7. The first-order valence-corrected chi connectivity index (χ1v) is 5.25. The van der Waals surface area contributed by atoms with Gasteiger partial charge in [-0.2, -0.15) is 0 Å². The monoisotopic (exact) mass is 224 g/mol. The summed E-state index contributed by atoms with van der Waals surface area (Å²) in [5, 5.41) is 0. The van der Waals surface area contributed by atoms with Crippen molar-refractivity contribution in [1.82, 2.24) is 4.98 Å². The maximum absolute atomic E-state index is 11.7. The van der Waals surface area contributed by atoms with Crippen molar-refractivity contribution in [3.05, 3.63) is 66.0 Å². The van der Waals surface area contributed by atoms with Crippen LogP contribution in [0.1, 0.15) is 16.1 Å². The van der Waals surface area contributed by atoms with Crippen molar-refractivity contribution in [1.29, 1.82) is 0 Å². The van der Waals surface area contributed by atoms with E-state index in [4.69, 9.17) is 5.73 Å². The molecule has 0 aliphatic carbocycles. The molecular formula is C14H12N2O. The van der Waals surface area contributed by atoms with Crippen molar-refractivity contribution in [2.45, 2.75) is 0 Å². The zero-order valence-electron chi connectivity index (χ0n) is 9.21. The number of hydrogen-bond donors (Lipinski definition) is 1. The molecule has 1 aromatic heterocycles. The summed E-state index contributed by atoms with van der Waals surface area (Å²) in [5.41, 5.74) is 7.66. The van der Waals surface area contributed by atoms with Crippen molar-refractivity contribution in [2.75, 3.05) is 5.73 Å². The highest BCUT2D eigenvalue weighted by molar-refractivity contribution is 6.05. The maximum Gasteiger partial charge on any atom is 0.204 e. The number of aromatic nitrogens is 1. The smallest absolute Gasteiger partial charge is 0.204 e. The number of allylic oxidation sites excluding steroid dienone is 1. The van der Waals surface area contributed by atoms with Gasteiger partial charge in [0.15, 0.2) is 0 Å². The molecule has 2 rings (SSSR count). The van der Waals surface area contributed by atoms with Crippen LogP contribution in [0.4, 0.5) is 5.69 Å². The summed E-state index contributed by atoms with van der Waals surface area (Å²) in [7, 11) is 0. The van der Waals surface area contributed by atoms with E-state index in [2.05, 4.69) is 4.98 Å². The van der Waals surface area contributed by atoms with Crippen LogP contribution in [0, 0.1) is 0 Å². The number of nitrogen functional groups attached to an aromatic ring is 1. The fraction of sp³-hybridized carbons (Fsp3) is 0. The highest BCUT2D eigenvalue weighted by Crippen LogP contribution is 2.08. The predicted octanol–water partition coefficient (Wildman–Crippen LogP) is 2.56. The summed E-state index contributed by atoms with van der Waals surface area (Å²) >= 11 is 0. The van der Waals surface area contributed by atoms with E-state index in [1.165, 1.54) is 6.08 Å². The molecule has 0 amide bonds. The molecule has 0 radical (unpaired) electrons. The minimum atomic E-state index is -0.118. The van der Waals surface area contributed by atoms with Crippen LogP contribution in [0.15, 0.2) is 54.7 Å². The number of rotatable bonds is 3. The molecule has 0 fully saturated rings. The Balaban J connectivity index is 2.14. The van der Waals surface area contributed by atoms with Gasteiger partial charge in [-0.3, -0.25) is 9.78 Å². The number of nitrogens with zero attached hydrogens (tertiary/aromatic N) is 1. The highest BCUT2D eigenvalue weighted by Gasteiger charge is 2.00. The fourth-order valence-corrected chi connectivity index (χ4v) is 1.43. The van der Waals surface area contributed by atoms with Crippen LogP contribution >= 0.6 is 0 Å². The zero-order valence-corrected chi connectivity index (χ0v) is 9.21. The van der Waals surface area contributed by atoms with Crippen LogP contribution < -0.4 is 5.73 Å². The lowest BCUT2D eigenvalue weighted by atomic mass is 10.1. The Hall–Kier alpha value is -2.42. The van der Waals surface area contributed by atoms with E-state index in [1.807, 2.05) is 18.2 Å². The van der Waals surface area contributed by atoms with E-state index in [1.54, 1.807) is 36.5 Å². The Morgan fingerprint density at radius 2 is 2.06 bits per heavy atom. The summed E-state index contributed by atoms with van der Waals surface area (Å²) in [5.74, 6) is -0.118. The summed E-state index contributed by atoms with van der Waals surface area (Å²) in [6, 6.07) is 12.6. The van der Waals surface area contributed by atoms with Gasteiger partial charge in [0.2, 0.25) is 5.78 Å². The lowest BCUT2D eigenvalue weighted by Gasteiger charge is -1.96. The quantitative estimate of drug-likeness (QED) is 0.495. The van der Waals surface area contributed by atoms with Gasteiger partial charge < -0.3 is 5.73 Å². The van der Waals surface area contributed by atoms with Gasteiger partial charge in [-0.1, -0.05) is 24.3 Å². The van der Waals surface area contributed by atoms with Gasteiger partial charge >= 0.3 is 0 Å². The first-order chi connectivity index (χ1) is 8.25. The lowest BCUT2D eigenvalue weighted by Crippen LogP contribution is -1.96. The third-order valence-electron chi connectivity index (χ3n) is 2.26. The van der Waals surface area contributed by atoms with Crippen molar-refractivity contribution >= 4 is 17.5 Å². The second kappa shape index (κ2) is 5.07. The van der Waals surface area contributed by atoms with Crippen molar-refractivity contribution in [3.63, 3.8) is 0 Å². The molecule has 3 nitrogen and oxygen atoms in total. The van der Waals surface area contributed by atoms with Crippen molar-refractivity contribution < 1.29 is 4.79 Å². The summed E-state index contributed by atoms with van der Waals surface area (Å²) in [6.45, 7) is 0. The van der Waals surface area contributed by atoms with Crippen LogP contribution in [-0.4, -0.2) is 10.8 Å². The van der Waals surface area contributed by atoms with E-state index in [9.17, 15) is 4.79 Å². The van der Waals surface area contributed by atoms with Gasteiger partial charge in [0.05, 0.1) is 0 Å². The molecule has 1 aromatic carbocycles. The molecule has 0 bridgehead atoms. The summed E-state index contributed by atoms with van der Waals surface area (Å²) in [6.07, 6.45) is 4.83. The van der Waals surface area contributed by atoms with Gasteiger partial charge in [-0.05, 0) is 35.9 Å². The standard InChI is InChI=1S/C14H12N2O/c15-12-5-3-4-11(10-12)7-8-14(17)13-6-1-2-9-16-13/h1-10H,15H2. The molecular weight excluding hydrogens is 212 g/mol. The Bertz CT molecular complexity index is 547. The molecule has 2 N–H and O–H groups in total. The minimum Gasteiger partial charge on any atom is -0.399 e. The van der Waals surface area contributed by atoms with Crippen LogP contribution in [0.3, 0.4) is 0 Å². The molecule has 0 unspecified atom stereocenters. The first-order valence-electron chi connectivity index (χ1n) is 5.25. The zero-order chi connectivity index (χ0) is 12.1. The Morgan fingerprint density at radius 3 is 2.76 bits per heavy atom. The second-order valence-electron chi connectivity index (χ2n) is 3.58. The van der Waals surface area contributed by atoms with Gasteiger partial charge in [0, 0.05) is 11.9 Å². The lowest BCUT2D eigenvalue weighted by molar-refractivity contribution is 0.104. The molecule has 1 heterocycles. The summed E-state index contributed by atoms with van der Waals surface area (Å²) in [4.78, 5) is 15.7. The van der Waals surface area contributed by atoms with E-state index < -0.39 is 0 Å². The minimum absolute atomic E-state index is 0.118. The average Bonchev–Trinajstić information content (AvgIpc) is 2.37. The van der Waals surface area contributed by atoms with E-state index in [0.29, 0.717) is 11.4 Å². The Labute approximate surface area is 99.6 Å². The van der Waals surface area contributed by atoms with Crippen molar-refractivity contribution in [3.8, 4) is 0 Å². The third-order valence-corrected chi connectivity index (χ3v) is 2.26. The largest absolute Gasteiger partial charge is 0.399 e. The molecule has 0 aliphatic rings. The fourth-order valence-electron chi connectivity index (χ4n) is 1.43. The first kappa shape index (κ1) is 11.1. The predicted molar refractivity (Wildman–Crippen MR) is 68.5 cm³/mol. The molecule has 84 valence electrons. The van der Waals surface area contributed by atoms with E-state index in [-0.39, 0.29) is 5.78 Å². The van der Waals surface area contributed by atoms with Gasteiger partial charge in [0.25, 0.3) is 0 Å². The van der Waals surface area contributed by atoms with Crippen LogP contribution in [0.5, 0.6) is 0 Å². The molecule has 0 aliphatic heterocycles. The topological polar surface area (TPSA) is 56.0 Å². The Morgan fingerprint density at radius 1 is 1.18 bits per heavy atom. The summed E-state index contributed by atoms with van der Waals surface area (Å²) < 4.78 is 0. The number of nitrogens with two attached hydrogens (primary N) is 1. The number of benzene rings is 1. The number of anilines is 1. The van der Waals surface area contributed by atoms with E-state index in [0.717, 1.165) is 5.56 Å². The molecule has 0 spiro atoms. The van der Waals surface area contributed by atoms with Crippen LogP contribution in [0.25, 0.3) is 6.08 Å². The number of carbonyl (C=O) groups is 1.